The van der Waals surface area contributed by atoms with Crippen molar-refractivity contribution in [3.63, 3.8) is 0 Å². The number of carbonyl (C=O) groups is 1. The number of imidazole rings is 1. The van der Waals surface area contributed by atoms with Crippen LogP contribution in [0.2, 0.25) is 5.02 Å². The maximum absolute atomic E-state index is 14.1. The monoisotopic (exact) mass is 509 g/mol. The van der Waals surface area contributed by atoms with Crippen LogP contribution in [0.15, 0.2) is 48.9 Å². The van der Waals surface area contributed by atoms with E-state index >= 15 is 0 Å². The molecule has 1 fully saturated rings. The number of ether oxygens (including phenoxy) is 1. The van der Waals surface area contributed by atoms with E-state index in [9.17, 15) is 9.18 Å². The van der Waals surface area contributed by atoms with Gasteiger partial charge in [-0.25, -0.2) is 19.3 Å². The maximum Gasteiger partial charge on any atom is 0.229 e. The summed E-state index contributed by atoms with van der Waals surface area (Å²) >= 11 is 6.38. The van der Waals surface area contributed by atoms with Crippen molar-refractivity contribution in [2.45, 2.75) is 12.8 Å². The van der Waals surface area contributed by atoms with Crippen LogP contribution in [0.3, 0.4) is 0 Å². The molecular formula is C25H25ClFN7O2. The van der Waals surface area contributed by atoms with Crippen molar-refractivity contribution in [3.05, 3.63) is 59.8 Å². The summed E-state index contributed by atoms with van der Waals surface area (Å²) in [5.74, 6) is 0.449. The number of anilines is 3. The highest BCUT2D eigenvalue weighted by Crippen LogP contribution is 2.33. The van der Waals surface area contributed by atoms with Gasteiger partial charge in [0, 0.05) is 30.9 Å². The van der Waals surface area contributed by atoms with E-state index in [2.05, 4.69) is 25.6 Å². The van der Waals surface area contributed by atoms with Crippen LogP contribution in [0.5, 0.6) is 5.75 Å². The van der Waals surface area contributed by atoms with Gasteiger partial charge < -0.3 is 20.3 Å². The summed E-state index contributed by atoms with van der Waals surface area (Å²) in [5.41, 5.74) is 2.44. The zero-order chi connectivity index (χ0) is 25.2. The highest BCUT2D eigenvalue weighted by atomic mass is 35.5. The molecule has 1 aliphatic rings. The molecule has 2 N–H and O–H groups in total. The van der Waals surface area contributed by atoms with Gasteiger partial charge in [-0.05, 0) is 50.2 Å². The molecule has 3 aromatic heterocycles. The number of rotatable bonds is 6. The van der Waals surface area contributed by atoms with Crippen molar-refractivity contribution >= 4 is 40.5 Å². The number of halogens is 2. The Morgan fingerprint density at radius 3 is 2.83 bits per heavy atom. The van der Waals surface area contributed by atoms with Gasteiger partial charge in [0.25, 0.3) is 0 Å². The van der Waals surface area contributed by atoms with Gasteiger partial charge in [0.2, 0.25) is 11.9 Å². The van der Waals surface area contributed by atoms with Crippen molar-refractivity contribution < 1.29 is 13.9 Å². The molecule has 186 valence electrons. The van der Waals surface area contributed by atoms with Gasteiger partial charge in [-0.3, -0.25) is 9.20 Å². The van der Waals surface area contributed by atoms with Gasteiger partial charge in [-0.15, -0.1) is 0 Å². The van der Waals surface area contributed by atoms with E-state index < -0.39 is 5.82 Å². The van der Waals surface area contributed by atoms with Gasteiger partial charge in [-0.2, -0.15) is 0 Å². The van der Waals surface area contributed by atoms with E-state index in [-0.39, 0.29) is 23.4 Å². The standard InChI is InChI=1S/C25H25ClFN7O2/c1-33(24(35)15-7-9-28-10-8-15)16-5-6-19(21(12-16)36-2)31-25-30-13-17(26)22(32-25)20-14-29-23-18(27)4-3-11-34(20)23/h3-6,11-15,28H,7-10H2,1-2H3,(H,30,31,32). The molecule has 1 saturated heterocycles. The van der Waals surface area contributed by atoms with Crippen molar-refractivity contribution in [2.75, 3.05) is 37.5 Å². The summed E-state index contributed by atoms with van der Waals surface area (Å²) in [6.45, 7) is 1.70. The SMILES string of the molecule is COc1cc(N(C)C(=O)C2CCNCC2)ccc1Nc1ncc(Cl)c(-c2cnc3c(F)cccn23)n1. The first-order valence-corrected chi connectivity index (χ1v) is 11.9. The number of benzene rings is 1. The first-order chi connectivity index (χ1) is 17.5. The third-order valence-corrected chi connectivity index (χ3v) is 6.59. The number of hydrogen-bond donors (Lipinski definition) is 2. The normalized spacial score (nSPS) is 14.1. The molecule has 0 atom stereocenters. The van der Waals surface area contributed by atoms with Gasteiger partial charge in [0.15, 0.2) is 11.5 Å². The largest absolute Gasteiger partial charge is 0.494 e. The number of fused-ring (bicyclic) bond motifs is 1. The molecule has 4 aromatic rings. The van der Waals surface area contributed by atoms with Crippen LogP contribution < -0.4 is 20.3 Å². The molecule has 5 rings (SSSR count). The lowest BCUT2D eigenvalue weighted by atomic mass is 9.96. The molecule has 0 radical (unpaired) electrons. The van der Waals surface area contributed by atoms with Crippen LogP contribution in [0, 0.1) is 11.7 Å². The molecular weight excluding hydrogens is 485 g/mol. The zero-order valence-electron chi connectivity index (χ0n) is 19.8. The minimum Gasteiger partial charge on any atom is -0.494 e. The van der Waals surface area contributed by atoms with Crippen LogP contribution in [-0.4, -0.2) is 52.5 Å². The fourth-order valence-corrected chi connectivity index (χ4v) is 4.53. The number of hydrogen-bond acceptors (Lipinski definition) is 7. The van der Waals surface area contributed by atoms with E-state index in [0.717, 1.165) is 31.6 Å². The highest BCUT2D eigenvalue weighted by molar-refractivity contribution is 6.32. The molecule has 0 unspecified atom stereocenters. The summed E-state index contributed by atoms with van der Waals surface area (Å²) in [6, 6.07) is 8.37. The lowest BCUT2D eigenvalue weighted by molar-refractivity contribution is -0.122. The summed E-state index contributed by atoms with van der Waals surface area (Å²) < 4.78 is 21.3. The lowest BCUT2D eigenvalue weighted by Gasteiger charge is -2.27. The number of piperidine rings is 1. The second kappa shape index (κ2) is 10.1. The average Bonchev–Trinajstić information content (AvgIpc) is 3.35. The fraction of sp³-hybridized carbons (Fsp3) is 0.280. The number of carbonyl (C=O) groups excluding carboxylic acids is 1. The Bertz CT molecular complexity index is 1420. The van der Waals surface area contributed by atoms with Crippen molar-refractivity contribution in [2.24, 2.45) is 5.92 Å². The third kappa shape index (κ3) is 4.57. The first kappa shape index (κ1) is 24.0. The first-order valence-electron chi connectivity index (χ1n) is 11.5. The molecule has 36 heavy (non-hydrogen) atoms. The number of aromatic nitrogens is 4. The molecule has 1 aromatic carbocycles. The minimum absolute atomic E-state index is 0.00837. The van der Waals surface area contributed by atoms with E-state index in [4.69, 9.17) is 16.3 Å². The van der Waals surface area contributed by atoms with Gasteiger partial charge in [0.1, 0.15) is 11.4 Å². The van der Waals surface area contributed by atoms with E-state index in [0.29, 0.717) is 27.8 Å². The fourth-order valence-electron chi connectivity index (χ4n) is 4.34. The quantitative estimate of drug-likeness (QED) is 0.400. The molecule has 11 heteroatoms. The minimum atomic E-state index is -0.444. The average molecular weight is 510 g/mol. The zero-order valence-corrected chi connectivity index (χ0v) is 20.6. The van der Waals surface area contributed by atoms with E-state index in [1.54, 1.807) is 41.8 Å². The van der Waals surface area contributed by atoms with Crippen molar-refractivity contribution in [3.8, 4) is 17.1 Å². The number of nitrogens with one attached hydrogen (secondary N) is 2. The Balaban J connectivity index is 1.41. The number of pyridine rings is 1. The number of nitrogens with zero attached hydrogens (tertiary/aromatic N) is 5. The second-order valence-corrected chi connectivity index (χ2v) is 8.92. The molecule has 9 nitrogen and oxygen atoms in total. The van der Waals surface area contributed by atoms with Crippen LogP contribution in [0.4, 0.5) is 21.7 Å². The van der Waals surface area contributed by atoms with Crippen LogP contribution in [0.1, 0.15) is 12.8 Å². The molecule has 0 bridgehead atoms. The van der Waals surface area contributed by atoms with Crippen LogP contribution in [0.25, 0.3) is 17.0 Å². The molecule has 0 saturated carbocycles. The van der Waals surface area contributed by atoms with E-state index in [1.165, 1.54) is 18.5 Å². The summed E-state index contributed by atoms with van der Waals surface area (Å²) in [4.78, 5) is 27.6. The molecule has 4 heterocycles. The topological polar surface area (TPSA) is 96.7 Å². The smallest absolute Gasteiger partial charge is 0.229 e. The molecule has 0 spiro atoms. The Morgan fingerprint density at radius 2 is 2.06 bits per heavy atom. The second-order valence-electron chi connectivity index (χ2n) is 8.51. The number of amides is 1. The predicted molar refractivity (Wildman–Crippen MR) is 136 cm³/mol. The maximum atomic E-state index is 14.1. The summed E-state index contributed by atoms with van der Waals surface area (Å²) in [7, 11) is 3.33. The van der Waals surface area contributed by atoms with Crippen LogP contribution in [-0.2, 0) is 4.79 Å². The Hall–Kier alpha value is -3.76. The van der Waals surface area contributed by atoms with Crippen LogP contribution >= 0.6 is 11.6 Å². The van der Waals surface area contributed by atoms with Crippen molar-refractivity contribution in [1.29, 1.82) is 0 Å². The summed E-state index contributed by atoms with van der Waals surface area (Å²) in [6.07, 6.45) is 6.33. The van der Waals surface area contributed by atoms with Gasteiger partial charge in [-0.1, -0.05) is 11.6 Å². The third-order valence-electron chi connectivity index (χ3n) is 6.31. The van der Waals surface area contributed by atoms with Gasteiger partial charge in [0.05, 0.1) is 35.9 Å². The van der Waals surface area contributed by atoms with Crippen molar-refractivity contribution in [1.82, 2.24) is 24.7 Å². The lowest BCUT2D eigenvalue weighted by Crippen LogP contribution is -2.39. The predicted octanol–water partition coefficient (Wildman–Crippen LogP) is 4.30. The molecule has 0 aliphatic carbocycles. The van der Waals surface area contributed by atoms with E-state index in [1.807, 2.05) is 12.1 Å². The highest BCUT2D eigenvalue weighted by Gasteiger charge is 2.25. The van der Waals surface area contributed by atoms with Gasteiger partial charge >= 0.3 is 0 Å². The number of methoxy groups -OCH3 is 1. The Morgan fingerprint density at radius 1 is 1.25 bits per heavy atom. The molecule has 1 amide bonds. The summed E-state index contributed by atoms with van der Waals surface area (Å²) in [5, 5.41) is 6.73. The Labute approximate surface area is 212 Å². The Kier molecular flexibility index (Phi) is 6.71. The molecule has 1 aliphatic heterocycles.